The Balaban J connectivity index is 1.50. The van der Waals surface area contributed by atoms with Crippen molar-refractivity contribution in [2.75, 3.05) is 6.61 Å². The average molecular weight is 341 g/mol. The van der Waals surface area contributed by atoms with E-state index in [1.54, 1.807) is 6.07 Å². The van der Waals surface area contributed by atoms with Gasteiger partial charge in [-0.3, -0.25) is 0 Å². The minimum absolute atomic E-state index is 0.0822. The van der Waals surface area contributed by atoms with Gasteiger partial charge in [-0.05, 0) is 56.2 Å². The normalized spacial score (nSPS) is 25.7. The molecule has 3 rings (SSSR count). The Morgan fingerprint density at radius 2 is 2.17 bits per heavy atom. The molecule has 1 saturated heterocycles. The molecule has 1 aromatic carbocycles. The van der Waals surface area contributed by atoms with Gasteiger partial charge in [-0.25, -0.2) is 9.18 Å². The zero-order valence-corrected chi connectivity index (χ0v) is 13.9. The number of halogens is 2. The molecule has 0 bridgehead atoms. The second-order valence-electron chi connectivity index (χ2n) is 6.48. The lowest BCUT2D eigenvalue weighted by molar-refractivity contribution is -0.00917. The summed E-state index contributed by atoms with van der Waals surface area (Å²) >= 11 is 5.68. The molecule has 0 spiro atoms. The summed E-state index contributed by atoms with van der Waals surface area (Å²) in [5.41, 5.74) is 0.685. The van der Waals surface area contributed by atoms with Crippen molar-refractivity contribution in [2.45, 2.75) is 50.8 Å². The van der Waals surface area contributed by atoms with Gasteiger partial charge in [-0.15, -0.1) is 0 Å². The van der Waals surface area contributed by atoms with Gasteiger partial charge in [0.1, 0.15) is 5.82 Å². The van der Waals surface area contributed by atoms with Gasteiger partial charge in [-0.1, -0.05) is 17.7 Å². The average Bonchev–Trinajstić information content (AvgIpc) is 3.35. The number of amides is 2. The lowest BCUT2D eigenvalue weighted by atomic mass is 10.0. The first-order chi connectivity index (χ1) is 11.0. The summed E-state index contributed by atoms with van der Waals surface area (Å²) in [6.07, 6.45) is 4.48. The molecule has 1 heterocycles. The summed E-state index contributed by atoms with van der Waals surface area (Å²) in [6.45, 7) is 2.52. The Morgan fingerprint density at radius 1 is 1.39 bits per heavy atom. The highest BCUT2D eigenvalue weighted by Crippen LogP contribution is 2.38. The number of hydrogen-bond donors (Lipinski definition) is 2. The fourth-order valence-corrected chi connectivity index (χ4v) is 3.16. The van der Waals surface area contributed by atoms with Gasteiger partial charge in [-0.2, -0.15) is 0 Å². The topological polar surface area (TPSA) is 50.4 Å². The summed E-state index contributed by atoms with van der Waals surface area (Å²) in [5, 5.41) is 5.94. The van der Waals surface area contributed by atoms with Gasteiger partial charge in [0.15, 0.2) is 0 Å². The van der Waals surface area contributed by atoms with Gasteiger partial charge >= 0.3 is 6.03 Å². The van der Waals surface area contributed by atoms with Crippen LogP contribution in [0.25, 0.3) is 0 Å². The number of carbonyl (C=O) groups is 1. The van der Waals surface area contributed by atoms with Crippen molar-refractivity contribution in [3.05, 3.63) is 34.6 Å². The molecule has 1 aromatic rings. The molecule has 2 N–H and O–H groups in total. The maximum atomic E-state index is 13.5. The van der Waals surface area contributed by atoms with Crippen LogP contribution in [0.2, 0.25) is 5.02 Å². The molecule has 0 radical (unpaired) electrons. The van der Waals surface area contributed by atoms with E-state index in [-0.39, 0.29) is 29.2 Å². The number of ether oxygens (including phenoxy) is 1. The first-order valence-corrected chi connectivity index (χ1v) is 8.54. The molecule has 1 aliphatic heterocycles. The van der Waals surface area contributed by atoms with Crippen molar-refractivity contribution in [2.24, 2.45) is 5.92 Å². The van der Waals surface area contributed by atoms with Crippen molar-refractivity contribution >= 4 is 17.6 Å². The van der Waals surface area contributed by atoms with Crippen LogP contribution in [0, 0.1) is 11.7 Å². The van der Waals surface area contributed by atoms with Crippen LogP contribution in [0.3, 0.4) is 0 Å². The highest BCUT2D eigenvalue weighted by Gasteiger charge is 2.36. The standard InChI is InChI=1S/C17H22ClFN2O2/c1-10(12-4-5-14(18)15(19)8-12)20-17(22)21-13-6-7-23-16(9-13)11-2-3-11/h4-5,8,10-11,13,16H,2-3,6-7,9H2,1H3,(H2,20,21,22). The molecule has 2 fully saturated rings. The van der Waals surface area contributed by atoms with E-state index in [1.807, 2.05) is 6.92 Å². The number of rotatable bonds is 4. The minimum Gasteiger partial charge on any atom is -0.378 e. The summed E-state index contributed by atoms with van der Waals surface area (Å²) < 4.78 is 19.3. The lowest BCUT2D eigenvalue weighted by Crippen LogP contribution is -2.47. The number of hydrogen-bond acceptors (Lipinski definition) is 2. The van der Waals surface area contributed by atoms with E-state index < -0.39 is 5.82 Å². The molecule has 1 aliphatic carbocycles. The minimum atomic E-state index is -0.477. The molecule has 126 valence electrons. The lowest BCUT2D eigenvalue weighted by Gasteiger charge is -2.30. The fraction of sp³-hybridized carbons (Fsp3) is 0.588. The second kappa shape index (κ2) is 7.05. The van der Waals surface area contributed by atoms with E-state index >= 15 is 0 Å². The SMILES string of the molecule is CC(NC(=O)NC1CCOC(C2CC2)C1)c1ccc(Cl)c(F)c1. The highest BCUT2D eigenvalue weighted by molar-refractivity contribution is 6.30. The maximum Gasteiger partial charge on any atom is 0.315 e. The molecular weight excluding hydrogens is 319 g/mol. The van der Waals surface area contributed by atoms with E-state index in [4.69, 9.17) is 16.3 Å². The van der Waals surface area contributed by atoms with Gasteiger partial charge in [0, 0.05) is 12.6 Å². The Morgan fingerprint density at radius 3 is 2.87 bits per heavy atom. The third-order valence-corrected chi connectivity index (χ3v) is 4.90. The van der Waals surface area contributed by atoms with Crippen molar-refractivity contribution in [1.29, 1.82) is 0 Å². The molecule has 2 aliphatic rings. The molecule has 3 atom stereocenters. The number of benzene rings is 1. The Labute approximate surface area is 140 Å². The van der Waals surface area contributed by atoms with E-state index in [1.165, 1.54) is 25.0 Å². The number of nitrogens with one attached hydrogen (secondary N) is 2. The second-order valence-corrected chi connectivity index (χ2v) is 6.89. The summed E-state index contributed by atoms with van der Waals surface area (Å²) in [5.74, 6) is 0.202. The number of urea groups is 1. The van der Waals surface area contributed by atoms with E-state index in [0.29, 0.717) is 18.1 Å². The predicted octanol–water partition coefficient (Wildman–Crippen LogP) is 3.80. The summed E-state index contributed by atoms with van der Waals surface area (Å²) in [4.78, 5) is 12.2. The van der Waals surface area contributed by atoms with Crippen LogP contribution in [-0.2, 0) is 4.74 Å². The first kappa shape index (κ1) is 16.5. The zero-order valence-electron chi connectivity index (χ0n) is 13.1. The largest absolute Gasteiger partial charge is 0.378 e. The molecule has 4 nitrogen and oxygen atoms in total. The van der Waals surface area contributed by atoms with E-state index in [0.717, 1.165) is 12.8 Å². The van der Waals surface area contributed by atoms with Crippen molar-refractivity contribution < 1.29 is 13.9 Å². The first-order valence-electron chi connectivity index (χ1n) is 8.16. The highest BCUT2D eigenvalue weighted by atomic mass is 35.5. The molecule has 1 saturated carbocycles. The Kier molecular flexibility index (Phi) is 5.07. The molecule has 3 unspecified atom stereocenters. The van der Waals surface area contributed by atoms with Gasteiger partial charge in [0.2, 0.25) is 0 Å². The van der Waals surface area contributed by atoms with Gasteiger partial charge < -0.3 is 15.4 Å². The Bertz CT molecular complexity index is 580. The van der Waals surface area contributed by atoms with Crippen LogP contribution in [0.5, 0.6) is 0 Å². The summed E-state index contributed by atoms with van der Waals surface area (Å²) in [6, 6.07) is 4.19. The van der Waals surface area contributed by atoms with Crippen LogP contribution < -0.4 is 10.6 Å². The molecular formula is C17H22ClFN2O2. The third-order valence-electron chi connectivity index (χ3n) is 4.59. The number of carbonyl (C=O) groups excluding carboxylic acids is 1. The van der Waals surface area contributed by atoms with Crippen LogP contribution in [0.4, 0.5) is 9.18 Å². The monoisotopic (exact) mass is 340 g/mol. The quantitative estimate of drug-likeness (QED) is 0.876. The van der Waals surface area contributed by atoms with Crippen molar-refractivity contribution in [3.63, 3.8) is 0 Å². The zero-order chi connectivity index (χ0) is 16.4. The van der Waals surface area contributed by atoms with Crippen LogP contribution >= 0.6 is 11.6 Å². The third kappa shape index (κ3) is 4.36. The molecule has 23 heavy (non-hydrogen) atoms. The molecule has 6 heteroatoms. The molecule has 2 amide bonds. The van der Waals surface area contributed by atoms with E-state index in [2.05, 4.69) is 10.6 Å². The van der Waals surface area contributed by atoms with Gasteiger partial charge in [0.05, 0.1) is 17.2 Å². The van der Waals surface area contributed by atoms with Gasteiger partial charge in [0.25, 0.3) is 0 Å². The predicted molar refractivity (Wildman–Crippen MR) is 87.0 cm³/mol. The van der Waals surface area contributed by atoms with Crippen molar-refractivity contribution in [3.8, 4) is 0 Å². The van der Waals surface area contributed by atoms with Crippen LogP contribution in [0.15, 0.2) is 18.2 Å². The van der Waals surface area contributed by atoms with Crippen LogP contribution in [0.1, 0.15) is 44.2 Å². The molecule has 0 aromatic heterocycles. The van der Waals surface area contributed by atoms with E-state index in [9.17, 15) is 9.18 Å². The van der Waals surface area contributed by atoms with Crippen LogP contribution in [-0.4, -0.2) is 24.8 Å². The Hall–Kier alpha value is -1.33. The van der Waals surface area contributed by atoms with Crippen molar-refractivity contribution in [1.82, 2.24) is 10.6 Å². The fourth-order valence-electron chi connectivity index (χ4n) is 3.04. The maximum absolute atomic E-state index is 13.5. The summed E-state index contributed by atoms with van der Waals surface area (Å²) in [7, 11) is 0. The smallest absolute Gasteiger partial charge is 0.315 e.